The fraction of sp³-hybridized carbons (Fsp3) is 0.467. The number of hydrogen-bond donors (Lipinski definition) is 2. The summed E-state index contributed by atoms with van der Waals surface area (Å²) in [5.41, 5.74) is 5.06. The van der Waals surface area contributed by atoms with Crippen LogP contribution < -0.4 is 10.7 Å². The van der Waals surface area contributed by atoms with Crippen LogP contribution in [0.5, 0.6) is 0 Å². The molecule has 0 saturated carbocycles. The Labute approximate surface area is 121 Å². The van der Waals surface area contributed by atoms with Gasteiger partial charge >= 0.3 is 0 Å². The van der Waals surface area contributed by atoms with E-state index in [4.69, 9.17) is 12.2 Å². The smallest absolute Gasteiger partial charge is 0.186 e. The quantitative estimate of drug-likeness (QED) is 0.347. The van der Waals surface area contributed by atoms with Gasteiger partial charge in [-0.3, -0.25) is 5.43 Å². The van der Waals surface area contributed by atoms with Gasteiger partial charge in [0.05, 0.1) is 5.71 Å². The Morgan fingerprint density at radius 1 is 1.16 bits per heavy atom. The van der Waals surface area contributed by atoms with Crippen LogP contribution in [0, 0.1) is 0 Å². The Kier molecular flexibility index (Phi) is 7.82. The second-order valence-electron chi connectivity index (χ2n) is 4.35. The number of benzene rings is 1. The van der Waals surface area contributed by atoms with Gasteiger partial charge in [0.25, 0.3) is 0 Å². The second kappa shape index (κ2) is 9.50. The summed E-state index contributed by atoms with van der Waals surface area (Å²) in [6.45, 7) is 5.18. The summed E-state index contributed by atoms with van der Waals surface area (Å²) in [5.74, 6) is 0. The SMILES string of the molecule is CCCCCNC(=S)N/N=C(/CC)c1ccccc1. The van der Waals surface area contributed by atoms with E-state index in [0.29, 0.717) is 5.11 Å². The Morgan fingerprint density at radius 3 is 2.53 bits per heavy atom. The highest BCUT2D eigenvalue weighted by Gasteiger charge is 2.00. The maximum Gasteiger partial charge on any atom is 0.186 e. The van der Waals surface area contributed by atoms with Crippen LogP contribution >= 0.6 is 12.2 Å². The lowest BCUT2D eigenvalue weighted by Crippen LogP contribution is -2.33. The molecular weight excluding hydrogens is 254 g/mol. The molecule has 104 valence electrons. The molecule has 0 spiro atoms. The molecule has 0 aliphatic carbocycles. The standard InChI is InChI=1S/C15H23N3S/c1-3-5-9-12-16-15(19)18-17-14(4-2)13-10-7-6-8-11-13/h6-8,10-11H,3-5,9,12H2,1-2H3,(H2,16,18,19)/b17-14-. The van der Waals surface area contributed by atoms with Gasteiger partial charge in [0.15, 0.2) is 5.11 Å². The third kappa shape index (κ3) is 6.34. The van der Waals surface area contributed by atoms with Crippen molar-refractivity contribution in [2.24, 2.45) is 5.10 Å². The highest BCUT2D eigenvalue weighted by molar-refractivity contribution is 7.80. The molecule has 1 aromatic rings. The van der Waals surface area contributed by atoms with E-state index in [-0.39, 0.29) is 0 Å². The molecule has 0 aliphatic rings. The van der Waals surface area contributed by atoms with Crippen LogP contribution in [0.3, 0.4) is 0 Å². The van der Waals surface area contributed by atoms with Crippen molar-refractivity contribution in [3.05, 3.63) is 35.9 Å². The largest absolute Gasteiger partial charge is 0.361 e. The van der Waals surface area contributed by atoms with E-state index in [1.165, 1.54) is 12.8 Å². The van der Waals surface area contributed by atoms with Gasteiger partial charge in [-0.25, -0.2) is 0 Å². The summed E-state index contributed by atoms with van der Waals surface area (Å²) < 4.78 is 0. The Morgan fingerprint density at radius 2 is 1.89 bits per heavy atom. The molecule has 0 aliphatic heterocycles. The minimum Gasteiger partial charge on any atom is -0.361 e. The lowest BCUT2D eigenvalue weighted by Gasteiger charge is -2.08. The molecule has 1 rings (SSSR count). The zero-order valence-corrected chi connectivity index (χ0v) is 12.6. The van der Waals surface area contributed by atoms with Gasteiger partial charge < -0.3 is 5.32 Å². The highest BCUT2D eigenvalue weighted by atomic mass is 32.1. The first-order valence-electron chi connectivity index (χ1n) is 6.93. The molecular formula is C15H23N3S. The molecule has 2 N–H and O–H groups in total. The Balaban J connectivity index is 2.43. The van der Waals surface area contributed by atoms with Crippen LogP contribution in [-0.4, -0.2) is 17.4 Å². The Bertz CT molecular complexity index is 401. The predicted octanol–water partition coefficient (Wildman–Crippen LogP) is 3.46. The number of rotatable bonds is 7. The van der Waals surface area contributed by atoms with Crippen molar-refractivity contribution in [3.8, 4) is 0 Å². The summed E-state index contributed by atoms with van der Waals surface area (Å²) in [4.78, 5) is 0. The summed E-state index contributed by atoms with van der Waals surface area (Å²) in [5, 5.41) is 8.13. The van der Waals surface area contributed by atoms with Gasteiger partial charge in [0.1, 0.15) is 0 Å². The van der Waals surface area contributed by atoms with Gasteiger partial charge in [0, 0.05) is 6.54 Å². The first kappa shape index (κ1) is 15.6. The number of hydrazone groups is 1. The minimum atomic E-state index is 0.595. The normalized spacial score (nSPS) is 11.2. The van der Waals surface area contributed by atoms with E-state index in [1.54, 1.807) is 0 Å². The summed E-state index contributed by atoms with van der Waals surface area (Å²) in [6.07, 6.45) is 4.45. The highest BCUT2D eigenvalue weighted by Crippen LogP contribution is 2.03. The van der Waals surface area contributed by atoms with Crippen LogP contribution in [0.1, 0.15) is 45.1 Å². The average molecular weight is 277 g/mol. The van der Waals surface area contributed by atoms with Gasteiger partial charge in [-0.15, -0.1) is 0 Å². The topological polar surface area (TPSA) is 36.4 Å². The van der Waals surface area contributed by atoms with Crippen LogP contribution in [0.2, 0.25) is 0 Å². The molecule has 0 saturated heterocycles. The van der Waals surface area contributed by atoms with Crippen molar-refractivity contribution in [3.63, 3.8) is 0 Å². The van der Waals surface area contributed by atoms with E-state index >= 15 is 0 Å². The minimum absolute atomic E-state index is 0.595. The van der Waals surface area contributed by atoms with E-state index in [0.717, 1.165) is 30.7 Å². The lowest BCUT2D eigenvalue weighted by molar-refractivity contribution is 0.690. The molecule has 0 bridgehead atoms. The van der Waals surface area contributed by atoms with Crippen molar-refractivity contribution in [2.45, 2.75) is 39.5 Å². The second-order valence-corrected chi connectivity index (χ2v) is 4.76. The zero-order valence-electron chi connectivity index (χ0n) is 11.8. The molecule has 0 heterocycles. The lowest BCUT2D eigenvalue weighted by atomic mass is 10.1. The van der Waals surface area contributed by atoms with Gasteiger partial charge in [0.2, 0.25) is 0 Å². The molecule has 0 radical (unpaired) electrons. The van der Waals surface area contributed by atoms with Crippen molar-refractivity contribution in [1.82, 2.24) is 10.7 Å². The molecule has 0 fully saturated rings. The van der Waals surface area contributed by atoms with Crippen LogP contribution in [0.25, 0.3) is 0 Å². The fourth-order valence-corrected chi connectivity index (χ4v) is 1.86. The molecule has 0 amide bonds. The van der Waals surface area contributed by atoms with Crippen LogP contribution in [0.15, 0.2) is 35.4 Å². The number of nitrogens with zero attached hydrogens (tertiary/aromatic N) is 1. The molecule has 0 unspecified atom stereocenters. The fourth-order valence-electron chi connectivity index (χ4n) is 1.71. The number of unbranched alkanes of at least 4 members (excludes halogenated alkanes) is 2. The average Bonchev–Trinajstić information content (AvgIpc) is 2.45. The maximum atomic E-state index is 5.19. The van der Waals surface area contributed by atoms with E-state index in [9.17, 15) is 0 Å². The predicted molar refractivity (Wildman–Crippen MR) is 86.5 cm³/mol. The summed E-state index contributed by atoms with van der Waals surface area (Å²) in [6, 6.07) is 10.2. The van der Waals surface area contributed by atoms with E-state index < -0.39 is 0 Å². The van der Waals surface area contributed by atoms with Gasteiger partial charge in [-0.05, 0) is 30.6 Å². The van der Waals surface area contributed by atoms with E-state index in [1.807, 2.05) is 18.2 Å². The molecule has 1 aromatic carbocycles. The first-order chi connectivity index (χ1) is 9.27. The molecule has 3 nitrogen and oxygen atoms in total. The summed E-state index contributed by atoms with van der Waals surface area (Å²) in [7, 11) is 0. The molecule has 0 atom stereocenters. The third-order valence-corrected chi connectivity index (χ3v) is 3.04. The summed E-state index contributed by atoms with van der Waals surface area (Å²) >= 11 is 5.19. The first-order valence-corrected chi connectivity index (χ1v) is 7.34. The van der Waals surface area contributed by atoms with Crippen molar-refractivity contribution >= 4 is 23.0 Å². The van der Waals surface area contributed by atoms with Gasteiger partial charge in [-0.1, -0.05) is 57.0 Å². The van der Waals surface area contributed by atoms with Crippen LogP contribution in [0.4, 0.5) is 0 Å². The van der Waals surface area contributed by atoms with Gasteiger partial charge in [-0.2, -0.15) is 5.10 Å². The number of thiocarbonyl (C=S) groups is 1. The van der Waals surface area contributed by atoms with Crippen molar-refractivity contribution in [2.75, 3.05) is 6.54 Å². The maximum absolute atomic E-state index is 5.19. The van der Waals surface area contributed by atoms with E-state index in [2.05, 4.69) is 41.8 Å². The third-order valence-electron chi connectivity index (χ3n) is 2.80. The van der Waals surface area contributed by atoms with Crippen LogP contribution in [-0.2, 0) is 0 Å². The zero-order chi connectivity index (χ0) is 13.9. The molecule has 4 heteroatoms. The number of nitrogens with one attached hydrogen (secondary N) is 2. The van der Waals surface area contributed by atoms with Crippen molar-refractivity contribution in [1.29, 1.82) is 0 Å². The Hall–Kier alpha value is -1.42. The monoisotopic (exact) mass is 277 g/mol. The molecule has 19 heavy (non-hydrogen) atoms. The number of hydrogen-bond acceptors (Lipinski definition) is 2. The van der Waals surface area contributed by atoms with Crippen molar-refractivity contribution < 1.29 is 0 Å². The molecule has 0 aromatic heterocycles.